The summed E-state index contributed by atoms with van der Waals surface area (Å²) in [7, 11) is 0. The Bertz CT molecular complexity index is 493. The van der Waals surface area contributed by atoms with E-state index in [4.69, 9.17) is 0 Å². The molecule has 0 aliphatic carbocycles. The number of aromatic nitrogens is 2. The highest BCUT2D eigenvalue weighted by Crippen LogP contribution is 2.07. The zero-order valence-corrected chi connectivity index (χ0v) is 9.42. The third kappa shape index (κ3) is 2.31. The molecule has 1 aromatic heterocycles. The summed E-state index contributed by atoms with van der Waals surface area (Å²) in [6.45, 7) is 4.08. The molecule has 0 saturated carbocycles. The van der Waals surface area contributed by atoms with Crippen LogP contribution in [0.25, 0.3) is 0 Å². The number of rotatable bonds is 2. The van der Waals surface area contributed by atoms with Gasteiger partial charge in [-0.15, -0.1) is 11.8 Å². The summed E-state index contributed by atoms with van der Waals surface area (Å²) in [5, 5.41) is 7.61. The van der Waals surface area contributed by atoms with Crippen molar-refractivity contribution in [3.05, 3.63) is 27.7 Å². The molecule has 0 saturated heterocycles. The first-order valence-corrected chi connectivity index (χ1v) is 5.51. The van der Waals surface area contributed by atoms with Crippen LogP contribution in [0.3, 0.4) is 0 Å². The number of nitrogens with zero attached hydrogens (tertiary/aromatic N) is 2. The molecule has 2 rings (SSSR count). The van der Waals surface area contributed by atoms with Crippen molar-refractivity contribution in [1.29, 1.82) is 0 Å². The highest BCUT2D eigenvalue weighted by Gasteiger charge is 2.12. The number of aryl methyl sites for hydroxylation is 1. The molecule has 0 atom stereocenters. The summed E-state index contributed by atoms with van der Waals surface area (Å²) < 4.78 is 1.52. The van der Waals surface area contributed by atoms with E-state index in [1.807, 2.05) is 0 Å². The fourth-order valence-electron chi connectivity index (χ4n) is 1.81. The van der Waals surface area contributed by atoms with Gasteiger partial charge in [-0.1, -0.05) is 0 Å². The fraction of sp³-hybridized carbons (Fsp3) is 0.500. The summed E-state index contributed by atoms with van der Waals surface area (Å²) >= 11 is 0. The van der Waals surface area contributed by atoms with E-state index in [-0.39, 0.29) is 5.56 Å². The minimum Gasteiger partial charge on any atom is -0.312 e. The van der Waals surface area contributed by atoms with Crippen molar-refractivity contribution < 1.29 is 0 Å². The SMILES string of the molecule is CC#CCCn1nc2c(cc1=O)CNCC2. The van der Waals surface area contributed by atoms with Gasteiger partial charge in [-0.05, 0) is 12.5 Å². The molecule has 0 amide bonds. The van der Waals surface area contributed by atoms with Gasteiger partial charge in [-0.25, -0.2) is 4.68 Å². The van der Waals surface area contributed by atoms with Crippen molar-refractivity contribution in [2.45, 2.75) is 32.9 Å². The monoisotopic (exact) mass is 217 g/mol. The van der Waals surface area contributed by atoms with E-state index in [0.29, 0.717) is 13.0 Å². The normalized spacial score (nSPS) is 13.8. The van der Waals surface area contributed by atoms with E-state index in [2.05, 4.69) is 22.3 Å². The second-order valence-corrected chi connectivity index (χ2v) is 3.78. The highest BCUT2D eigenvalue weighted by molar-refractivity contribution is 5.20. The van der Waals surface area contributed by atoms with Crippen molar-refractivity contribution in [3.8, 4) is 11.8 Å². The molecule has 0 aromatic carbocycles. The lowest BCUT2D eigenvalue weighted by molar-refractivity contribution is 0.539. The molecule has 1 aliphatic heterocycles. The quantitative estimate of drug-likeness (QED) is 0.725. The summed E-state index contributed by atoms with van der Waals surface area (Å²) in [4.78, 5) is 11.7. The lowest BCUT2D eigenvalue weighted by Gasteiger charge is -2.16. The number of fused-ring (bicyclic) bond motifs is 1. The Labute approximate surface area is 94.7 Å². The van der Waals surface area contributed by atoms with E-state index >= 15 is 0 Å². The smallest absolute Gasteiger partial charge is 0.267 e. The van der Waals surface area contributed by atoms with Gasteiger partial charge in [0.05, 0.1) is 12.2 Å². The van der Waals surface area contributed by atoms with Gasteiger partial charge in [0, 0.05) is 32.0 Å². The maximum atomic E-state index is 11.7. The molecule has 0 spiro atoms. The molecule has 0 fully saturated rings. The van der Waals surface area contributed by atoms with Crippen LogP contribution in [0.15, 0.2) is 10.9 Å². The summed E-state index contributed by atoms with van der Waals surface area (Å²) in [6.07, 6.45) is 1.58. The minimum absolute atomic E-state index is 0.0275. The van der Waals surface area contributed by atoms with E-state index in [1.54, 1.807) is 13.0 Å². The Morgan fingerprint density at radius 2 is 2.50 bits per heavy atom. The second kappa shape index (κ2) is 4.95. The molecule has 0 unspecified atom stereocenters. The summed E-state index contributed by atoms with van der Waals surface area (Å²) in [5.41, 5.74) is 2.05. The Morgan fingerprint density at radius 1 is 1.62 bits per heavy atom. The molecule has 1 aromatic rings. The zero-order valence-electron chi connectivity index (χ0n) is 9.42. The zero-order chi connectivity index (χ0) is 11.4. The number of hydrogen-bond donors (Lipinski definition) is 1. The van der Waals surface area contributed by atoms with Gasteiger partial charge in [0.1, 0.15) is 0 Å². The average Bonchev–Trinajstić information content (AvgIpc) is 2.30. The fourth-order valence-corrected chi connectivity index (χ4v) is 1.81. The van der Waals surface area contributed by atoms with Gasteiger partial charge in [0.25, 0.3) is 5.56 Å². The van der Waals surface area contributed by atoms with Crippen molar-refractivity contribution in [3.63, 3.8) is 0 Å². The van der Waals surface area contributed by atoms with Crippen LogP contribution in [0.5, 0.6) is 0 Å². The first-order valence-electron chi connectivity index (χ1n) is 5.51. The Kier molecular flexibility index (Phi) is 3.37. The predicted octanol–water partition coefficient (Wildman–Crippen LogP) is 0.302. The molecule has 84 valence electrons. The van der Waals surface area contributed by atoms with Crippen LogP contribution >= 0.6 is 0 Å². The standard InChI is InChI=1S/C12H15N3O/c1-2-3-4-7-15-12(16)8-10-9-13-6-5-11(10)14-15/h8,13H,4-7,9H2,1H3. The van der Waals surface area contributed by atoms with Crippen LogP contribution in [0.1, 0.15) is 24.6 Å². The highest BCUT2D eigenvalue weighted by atomic mass is 16.1. The van der Waals surface area contributed by atoms with E-state index < -0.39 is 0 Å². The third-order valence-electron chi connectivity index (χ3n) is 2.64. The third-order valence-corrected chi connectivity index (χ3v) is 2.64. The Hall–Kier alpha value is -1.60. The van der Waals surface area contributed by atoms with Crippen LogP contribution in [-0.2, 0) is 19.5 Å². The van der Waals surface area contributed by atoms with Crippen LogP contribution < -0.4 is 10.9 Å². The van der Waals surface area contributed by atoms with E-state index in [0.717, 1.165) is 30.8 Å². The molecule has 0 bridgehead atoms. The molecule has 1 aliphatic rings. The molecule has 4 nitrogen and oxygen atoms in total. The Balaban J connectivity index is 2.24. The average molecular weight is 217 g/mol. The Morgan fingerprint density at radius 3 is 3.31 bits per heavy atom. The maximum Gasteiger partial charge on any atom is 0.267 e. The largest absolute Gasteiger partial charge is 0.312 e. The molecular formula is C12H15N3O. The predicted molar refractivity (Wildman–Crippen MR) is 62.0 cm³/mol. The number of hydrogen-bond acceptors (Lipinski definition) is 3. The van der Waals surface area contributed by atoms with Gasteiger partial charge in [-0.3, -0.25) is 4.79 Å². The van der Waals surface area contributed by atoms with Gasteiger partial charge < -0.3 is 5.32 Å². The molecule has 16 heavy (non-hydrogen) atoms. The summed E-state index contributed by atoms with van der Waals surface area (Å²) in [5.74, 6) is 5.76. The van der Waals surface area contributed by atoms with Crippen LogP contribution in [0.2, 0.25) is 0 Å². The lowest BCUT2D eigenvalue weighted by Crippen LogP contribution is -2.31. The lowest BCUT2D eigenvalue weighted by atomic mass is 10.1. The first-order chi connectivity index (χ1) is 7.81. The molecule has 4 heteroatoms. The molecule has 2 heterocycles. The van der Waals surface area contributed by atoms with Crippen molar-refractivity contribution in [2.75, 3.05) is 6.54 Å². The topological polar surface area (TPSA) is 46.9 Å². The van der Waals surface area contributed by atoms with Crippen LogP contribution in [0, 0.1) is 11.8 Å². The van der Waals surface area contributed by atoms with Crippen LogP contribution in [-0.4, -0.2) is 16.3 Å². The van der Waals surface area contributed by atoms with Crippen molar-refractivity contribution in [2.24, 2.45) is 0 Å². The number of nitrogens with one attached hydrogen (secondary N) is 1. The first kappa shape index (κ1) is 10.9. The maximum absolute atomic E-state index is 11.7. The molecular weight excluding hydrogens is 202 g/mol. The van der Waals surface area contributed by atoms with Crippen molar-refractivity contribution in [1.82, 2.24) is 15.1 Å². The van der Waals surface area contributed by atoms with Gasteiger partial charge in [0.2, 0.25) is 0 Å². The van der Waals surface area contributed by atoms with Crippen LogP contribution in [0.4, 0.5) is 0 Å². The van der Waals surface area contributed by atoms with Gasteiger partial charge in [0.15, 0.2) is 0 Å². The van der Waals surface area contributed by atoms with Crippen molar-refractivity contribution >= 4 is 0 Å². The van der Waals surface area contributed by atoms with Gasteiger partial charge in [-0.2, -0.15) is 5.10 Å². The molecule has 1 N–H and O–H groups in total. The van der Waals surface area contributed by atoms with Gasteiger partial charge >= 0.3 is 0 Å². The second-order valence-electron chi connectivity index (χ2n) is 3.78. The summed E-state index contributed by atoms with van der Waals surface area (Å²) in [6, 6.07) is 1.69. The molecule has 0 radical (unpaired) electrons. The van der Waals surface area contributed by atoms with E-state index in [9.17, 15) is 4.79 Å². The van der Waals surface area contributed by atoms with E-state index in [1.165, 1.54) is 4.68 Å². The minimum atomic E-state index is -0.0275.